The first-order valence-electron chi connectivity index (χ1n) is 6.59. The predicted octanol–water partition coefficient (Wildman–Crippen LogP) is 3.47. The Hall–Kier alpha value is -1.27. The zero-order valence-corrected chi connectivity index (χ0v) is 12.9. The van der Waals surface area contributed by atoms with Crippen molar-refractivity contribution in [2.75, 3.05) is 18.6 Å². The number of rotatable bonds is 3. The Morgan fingerprint density at radius 2 is 2.25 bits per heavy atom. The molecule has 3 heterocycles. The van der Waals surface area contributed by atoms with Gasteiger partial charge in [0, 0.05) is 0 Å². The van der Waals surface area contributed by atoms with E-state index in [1.807, 2.05) is 34.0 Å². The van der Waals surface area contributed by atoms with Gasteiger partial charge in [-0.1, -0.05) is 6.07 Å². The first-order valence-corrected chi connectivity index (χ1v) is 8.62. The number of carbonyl (C=O) groups excluding carboxylic acids is 1. The predicted molar refractivity (Wildman–Crippen MR) is 82.5 cm³/mol. The van der Waals surface area contributed by atoms with Gasteiger partial charge in [-0.25, -0.2) is 4.79 Å². The largest absolute Gasteiger partial charge is 0.464 e. The number of carbonyl (C=O) groups is 1. The Bertz CT molecular complexity index is 586. The SMILES string of the molecule is COC(=O)c1cc(-c2cccs2)n(C2CCSCC2)n1. The van der Waals surface area contributed by atoms with Gasteiger partial charge in [-0.2, -0.15) is 16.9 Å². The second-order valence-corrected chi connectivity index (χ2v) is 6.84. The van der Waals surface area contributed by atoms with Crippen LogP contribution in [-0.4, -0.2) is 34.4 Å². The van der Waals surface area contributed by atoms with Gasteiger partial charge in [0.2, 0.25) is 0 Å². The summed E-state index contributed by atoms with van der Waals surface area (Å²) in [5, 5.41) is 6.54. The number of methoxy groups -OCH3 is 1. The molecule has 0 atom stereocenters. The third kappa shape index (κ3) is 2.62. The van der Waals surface area contributed by atoms with Crippen molar-refractivity contribution in [2.45, 2.75) is 18.9 Å². The van der Waals surface area contributed by atoms with Crippen molar-refractivity contribution < 1.29 is 9.53 Å². The molecule has 0 spiro atoms. The normalized spacial score (nSPS) is 16.2. The van der Waals surface area contributed by atoms with E-state index in [0.717, 1.165) is 34.9 Å². The number of thiophene rings is 1. The van der Waals surface area contributed by atoms with Crippen molar-refractivity contribution in [1.29, 1.82) is 0 Å². The molecule has 0 aliphatic carbocycles. The molecule has 4 nitrogen and oxygen atoms in total. The van der Waals surface area contributed by atoms with Crippen LogP contribution in [0.15, 0.2) is 23.6 Å². The minimum atomic E-state index is -0.369. The quantitative estimate of drug-likeness (QED) is 0.815. The molecule has 0 radical (unpaired) electrons. The third-order valence-corrected chi connectivity index (χ3v) is 5.38. The maximum atomic E-state index is 11.7. The molecule has 0 aromatic carbocycles. The Kier molecular flexibility index (Phi) is 4.12. The van der Waals surface area contributed by atoms with Gasteiger partial charge in [0.15, 0.2) is 5.69 Å². The van der Waals surface area contributed by atoms with E-state index >= 15 is 0 Å². The maximum absolute atomic E-state index is 11.7. The van der Waals surface area contributed by atoms with Gasteiger partial charge in [-0.3, -0.25) is 4.68 Å². The van der Waals surface area contributed by atoms with Crippen molar-refractivity contribution in [1.82, 2.24) is 9.78 Å². The molecule has 3 rings (SSSR count). The minimum absolute atomic E-state index is 0.369. The van der Waals surface area contributed by atoms with Crippen molar-refractivity contribution in [2.24, 2.45) is 0 Å². The molecule has 6 heteroatoms. The van der Waals surface area contributed by atoms with Gasteiger partial charge >= 0.3 is 5.97 Å². The van der Waals surface area contributed by atoms with E-state index < -0.39 is 0 Å². The van der Waals surface area contributed by atoms with E-state index in [1.165, 1.54) is 7.11 Å². The molecule has 106 valence electrons. The van der Waals surface area contributed by atoms with Gasteiger partial charge in [-0.15, -0.1) is 11.3 Å². The van der Waals surface area contributed by atoms with Crippen LogP contribution in [0.2, 0.25) is 0 Å². The molecular formula is C14H16N2O2S2. The summed E-state index contributed by atoms with van der Waals surface area (Å²) in [4.78, 5) is 12.9. The van der Waals surface area contributed by atoms with Gasteiger partial charge in [0.25, 0.3) is 0 Å². The Labute approximate surface area is 126 Å². The zero-order chi connectivity index (χ0) is 13.9. The highest BCUT2D eigenvalue weighted by atomic mass is 32.2. The number of hydrogen-bond acceptors (Lipinski definition) is 5. The topological polar surface area (TPSA) is 44.1 Å². The summed E-state index contributed by atoms with van der Waals surface area (Å²) in [6.07, 6.45) is 2.21. The lowest BCUT2D eigenvalue weighted by Gasteiger charge is -2.23. The fraction of sp³-hybridized carbons (Fsp3) is 0.429. The molecule has 2 aromatic rings. The van der Waals surface area contributed by atoms with Crippen LogP contribution < -0.4 is 0 Å². The molecule has 0 amide bonds. The van der Waals surface area contributed by atoms with Crippen LogP contribution in [0.25, 0.3) is 10.6 Å². The van der Waals surface area contributed by atoms with Crippen LogP contribution in [0.3, 0.4) is 0 Å². The highest BCUT2D eigenvalue weighted by Gasteiger charge is 2.23. The van der Waals surface area contributed by atoms with Crippen molar-refractivity contribution in [3.05, 3.63) is 29.3 Å². The summed E-state index contributed by atoms with van der Waals surface area (Å²) in [5.74, 6) is 1.94. The lowest BCUT2D eigenvalue weighted by molar-refractivity contribution is 0.0592. The summed E-state index contributed by atoms with van der Waals surface area (Å²) in [6.45, 7) is 0. The van der Waals surface area contributed by atoms with Crippen molar-refractivity contribution in [3.8, 4) is 10.6 Å². The van der Waals surface area contributed by atoms with Gasteiger partial charge in [0.1, 0.15) is 0 Å². The van der Waals surface area contributed by atoms with Gasteiger partial charge in [-0.05, 0) is 41.9 Å². The number of thioether (sulfide) groups is 1. The molecule has 0 unspecified atom stereocenters. The van der Waals surface area contributed by atoms with Gasteiger partial charge < -0.3 is 4.74 Å². The molecule has 2 aromatic heterocycles. The second-order valence-electron chi connectivity index (χ2n) is 4.67. The minimum Gasteiger partial charge on any atom is -0.464 e. The first-order chi connectivity index (χ1) is 9.79. The summed E-state index contributed by atoms with van der Waals surface area (Å²) in [5.41, 5.74) is 1.42. The van der Waals surface area contributed by atoms with Crippen LogP contribution in [0.4, 0.5) is 0 Å². The molecule has 0 saturated carbocycles. The highest BCUT2D eigenvalue weighted by molar-refractivity contribution is 7.99. The van der Waals surface area contributed by atoms with E-state index in [1.54, 1.807) is 11.3 Å². The molecule has 1 saturated heterocycles. The van der Waals surface area contributed by atoms with Gasteiger partial charge in [0.05, 0.1) is 23.7 Å². The van der Waals surface area contributed by atoms with E-state index in [2.05, 4.69) is 11.2 Å². The maximum Gasteiger partial charge on any atom is 0.358 e. The second kappa shape index (κ2) is 6.01. The Balaban J connectivity index is 2.01. The van der Waals surface area contributed by atoms with Crippen LogP contribution in [0.1, 0.15) is 29.4 Å². The highest BCUT2D eigenvalue weighted by Crippen LogP contribution is 2.33. The Morgan fingerprint density at radius 1 is 1.45 bits per heavy atom. The van der Waals surface area contributed by atoms with Crippen LogP contribution in [0, 0.1) is 0 Å². The fourth-order valence-corrected chi connectivity index (χ4v) is 4.23. The van der Waals surface area contributed by atoms with E-state index in [4.69, 9.17) is 4.74 Å². The summed E-state index contributed by atoms with van der Waals surface area (Å²) < 4.78 is 6.82. The summed E-state index contributed by atoms with van der Waals surface area (Å²) in [7, 11) is 1.39. The van der Waals surface area contributed by atoms with Crippen molar-refractivity contribution in [3.63, 3.8) is 0 Å². The average molecular weight is 308 g/mol. The summed E-state index contributed by atoms with van der Waals surface area (Å²) >= 11 is 3.65. The smallest absolute Gasteiger partial charge is 0.358 e. The first kappa shape index (κ1) is 13.7. The molecule has 0 N–H and O–H groups in total. The van der Waals surface area contributed by atoms with Crippen LogP contribution in [0.5, 0.6) is 0 Å². The third-order valence-electron chi connectivity index (χ3n) is 3.44. The molecule has 1 aliphatic rings. The van der Waals surface area contributed by atoms with E-state index in [-0.39, 0.29) is 5.97 Å². The average Bonchev–Trinajstić information content (AvgIpc) is 3.16. The lowest BCUT2D eigenvalue weighted by atomic mass is 10.1. The molecule has 1 fully saturated rings. The lowest BCUT2D eigenvalue weighted by Crippen LogP contribution is -2.17. The molecule has 20 heavy (non-hydrogen) atoms. The Morgan fingerprint density at radius 3 is 2.90 bits per heavy atom. The standard InChI is InChI=1S/C14H16N2O2S2/c1-18-14(17)11-9-12(13-3-2-6-20-13)16(15-11)10-4-7-19-8-5-10/h2-3,6,9-10H,4-5,7-8H2,1H3. The van der Waals surface area contributed by atoms with E-state index in [9.17, 15) is 4.79 Å². The molecule has 0 bridgehead atoms. The fourth-order valence-electron chi connectivity index (χ4n) is 2.42. The molecule has 1 aliphatic heterocycles. The number of esters is 1. The summed E-state index contributed by atoms with van der Waals surface area (Å²) in [6, 6.07) is 6.31. The zero-order valence-electron chi connectivity index (χ0n) is 11.2. The monoisotopic (exact) mass is 308 g/mol. The van der Waals surface area contributed by atoms with Crippen molar-refractivity contribution >= 4 is 29.1 Å². The van der Waals surface area contributed by atoms with Crippen LogP contribution in [-0.2, 0) is 4.74 Å². The molecular weight excluding hydrogens is 292 g/mol. The number of aromatic nitrogens is 2. The van der Waals surface area contributed by atoms with E-state index in [0.29, 0.717) is 11.7 Å². The van der Waals surface area contributed by atoms with Crippen LogP contribution >= 0.6 is 23.1 Å². The number of ether oxygens (including phenoxy) is 1. The number of nitrogens with zero attached hydrogens (tertiary/aromatic N) is 2. The number of hydrogen-bond donors (Lipinski definition) is 0.